The molecule has 0 saturated heterocycles. The van der Waals surface area contributed by atoms with Crippen molar-refractivity contribution in [3.05, 3.63) is 54.2 Å². The Kier molecular flexibility index (Phi) is 6.77. The molecular weight excluding hydrogens is 316 g/mol. The monoisotopic (exact) mass is 342 g/mol. The highest BCUT2D eigenvalue weighted by molar-refractivity contribution is 5.80. The van der Waals surface area contributed by atoms with Gasteiger partial charge in [0.15, 0.2) is 0 Å². The minimum Gasteiger partial charge on any atom is -0.468 e. The van der Waals surface area contributed by atoms with E-state index in [-0.39, 0.29) is 18.1 Å². The molecule has 1 unspecified atom stereocenters. The smallest absolute Gasteiger partial charge is 0.322 e. The van der Waals surface area contributed by atoms with Crippen molar-refractivity contribution < 1.29 is 9.53 Å². The first kappa shape index (κ1) is 18.7. The standard InChI is InChI=1S/C17H20N4O2.C2H6/c1-3-12(17(22)23-2)21-16(15-9-18-10-19-15)14-8-11-6-4-5-7-13(11)20-14;1-2/h4-10,12,16,20-21H,3H2,1-2H3,(H,18,19);1-2H3/t12-,16?;/m0./s1. The van der Waals surface area contributed by atoms with Crippen LogP contribution in [0.4, 0.5) is 0 Å². The highest BCUT2D eigenvalue weighted by Crippen LogP contribution is 2.25. The van der Waals surface area contributed by atoms with Gasteiger partial charge in [-0.2, -0.15) is 0 Å². The molecular formula is C19H26N4O2. The van der Waals surface area contributed by atoms with Gasteiger partial charge >= 0.3 is 5.97 Å². The van der Waals surface area contributed by atoms with Gasteiger partial charge in [-0.15, -0.1) is 0 Å². The van der Waals surface area contributed by atoms with Crippen molar-refractivity contribution in [3.8, 4) is 0 Å². The van der Waals surface area contributed by atoms with E-state index in [0.717, 1.165) is 22.3 Å². The fraction of sp³-hybridized carbons (Fsp3) is 0.368. The number of H-pyrrole nitrogens is 2. The molecule has 2 heterocycles. The molecule has 6 heteroatoms. The Morgan fingerprint density at radius 2 is 2.04 bits per heavy atom. The number of nitrogens with one attached hydrogen (secondary N) is 3. The number of para-hydroxylation sites is 1. The fourth-order valence-corrected chi connectivity index (χ4v) is 2.72. The van der Waals surface area contributed by atoms with Crippen molar-refractivity contribution in [2.75, 3.05) is 7.11 Å². The summed E-state index contributed by atoms with van der Waals surface area (Å²) in [5.41, 5.74) is 2.91. The van der Waals surface area contributed by atoms with Crippen LogP contribution in [0.2, 0.25) is 0 Å². The summed E-state index contributed by atoms with van der Waals surface area (Å²) in [4.78, 5) is 22.6. The first-order chi connectivity index (χ1) is 12.2. The first-order valence-electron chi connectivity index (χ1n) is 8.62. The van der Waals surface area contributed by atoms with E-state index in [4.69, 9.17) is 4.74 Å². The van der Waals surface area contributed by atoms with Gasteiger partial charge in [-0.25, -0.2) is 4.98 Å². The number of aromatic nitrogens is 3. The number of carbonyl (C=O) groups excluding carboxylic acids is 1. The molecule has 25 heavy (non-hydrogen) atoms. The summed E-state index contributed by atoms with van der Waals surface area (Å²) in [5, 5.41) is 4.48. The molecule has 3 N–H and O–H groups in total. The zero-order chi connectivity index (χ0) is 18.2. The Bertz CT molecular complexity index is 747. The molecule has 134 valence electrons. The number of methoxy groups -OCH3 is 1. The first-order valence-corrected chi connectivity index (χ1v) is 8.62. The molecule has 0 amide bonds. The molecule has 0 aliphatic rings. The molecule has 3 aromatic rings. The van der Waals surface area contributed by atoms with Gasteiger partial charge in [0.25, 0.3) is 0 Å². The van der Waals surface area contributed by atoms with Crippen molar-refractivity contribution in [2.45, 2.75) is 39.3 Å². The van der Waals surface area contributed by atoms with E-state index in [0.29, 0.717) is 6.42 Å². The maximum atomic E-state index is 11.9. The largest absolute Gasteiger partial charge is 0.468 e. The van der Waals surface area contributed by atoms with Crippen LogP contribution in [0.15, 0.2) is 42.9 Å². The van der Waals surface area contributed by atoms with E-state index in [1.807, 2.05) is 39.0 Å². The SMILES string of the molecule is CC.CC[C@H](NC(c1cnc[nH]1)c1cc2ccccc2[nH]1)C(=O)OC. The lowest BCUT2D eigenvalue weighted by Gasteiger charge is -2.22. The van der Waals surface area contributed by atoms with Crippen molar-refractivity contribution in [1.29, 1.82) is 0 Å². The zero-order valence-electron chi connectivity index (χ0n) is 15.2. The maximum Gasteiger partial charge on any atom is 0.322 e. The summed E-state index contributed by atoms with van der Waals surface area (Å²) < 4.78 is 4.88. The highest BCUT2D eigenvalue weighted by atomic mass is 16.5. The number of aromatic amines is 2. The summed E-state index contributed by atoms with van der Waals surface area (Å²) in [6.07, 6.45) is 4.02. The van der Waals surface area contributed by atoms with Crippen LogP contribution in [-0.2, 0) is 9.53 Å². The maximum absolute atomic E-state index is 11.9. The van der Waals surface area contributed by atoms with Gasteiger partial charge in [-0.05, 0) is 23.9 Å². The number of imidazole rings is 1. The van der Waals surface area contributed by atoms with Crippen LogP contribution in [0.5, 0.6) is 0 Å². The third-order valence-electron chi connectivity index (χ3n) is 3.95. The van der Waals surface area contributed by atoms with Crippen molar-refractivity contribution in [2.24, 2.45) is 0 Å². The van der Waals surface area contributed by atoms with E-state index in [2.05, 4.69) is 32.4 Å². The molecule has 1 aromatic carbocycles. The topological polar surface area (TPSA) is 82.8 Å². The second-order valence-electron chi connectivity index (χ2n) is 5.40. The van der Waals surface area contributed by atoms with Crippen molar-refractivity contribution >= 4 is 16.9 Å². The number of esters is 1. The summed E-state index contributed by atoms with van der Waals surface area (Å²) in [6.45, 7) is 5.95. The number of hydrogen-bond acceptors (Lipinski definition) is 4. The van der Waals surface area contributed by atoms with Crippen LogP contribution >= 0.6 is 0 Å². The average Bonchev–Trinajstić information content (AvgIpc) is 3.33. The number of rotatable bonds is 6. The van der Waals surface area contributed by atoms with Crippen LogP contribution in [-0.4, -0.2) is 34.1 Å². The summed E-state index contributed by atoms with van der Waals surface area (Å²) in [5.74, 6) is -0.270. The normalized spacial score (nSPS) is 13.0. The Morgan fingerprint density at radius 3 is 2.64 bits per heavy atom. The Hall–Kier alpha value is -2.60. The Morgan fingerprint density at radius 1 is 1.28 bits per heavy atom. The van der Waals surface area contributed by atoms with Gasteiger partial charge in [0, 0.05) is 17.4 Å². The molecule has 0 aliphatic carbocycles. The van der Waals surface area contributed by atoms with E-state index >= 15 is 0 Å². The van der Waals surface area contributed by atoms with Gasteiger partial charge in [0.2, 0.25) is 0 Å². The molecule has 0 bridgehead atoms. The number of nitrogens with zero attached hydrogens (tertiary/aromatic N) is 1. The van der Waals surface area contributed by atoms with Gasteiger partial charge in [-0.1, -0.05) is 39.0 Å². The Labute approximate surface area is 148 Å². The molecule has 0 fully saturated rings. The van der Waals surface area contributed by atoms with Crippen LogP contribution in [0.1, 0.15) is 44.6 Å². The summed E-state index contributed by atoms with van der Waals surface area (Å²) >= 11 is 0. The van der Waals surface area contributed by atoms with E-state index in [1.54, 1.807) is 12.5 Å². The minimum atomic E-state index is -0.389. The van der Waals surface area contributed by atoms with Crippen LogP contribution < -0.4 is 5.32 Å². The van der Waals surface area contributed by atoms with E-state index in [9.17, 15) is 4.79 Å². The fourth-order valence-electron chi connectivity index (χ4n) is 2.72. The third-order valence-corrected chi connectivity index (χ3v) is 3.95. The molecule has 0 saturated carbocycles. The molecule has 2 aromatic heterocycles. The van der Waals surface area contributed by atoms with Gasteiger partial charge in [-0.3, -0.25) is 10.1 Å². The van der Waals surface area contributed by atoms with Crippen LogP contribution in [0, 0.1) is 0 Å². The number of hydrogen-bond donors (Lipinski definition) is 3. The van der Waals surface area contributed by atoms with Gasteiger partial charge in [0.1, 0.15) is 6.04 Å². The van der Waals surface area contributed by atoms with Gasteiger partial charge < -0.3 is 14.7 Å². The average molecular weight is 342 g/mol. The molecule has 3 rings (SSSR count). The van der Waals surface area contributed by atoms with Gasteiger partial charge in [0.05, 0.1) is 25.2 Å². The second kappa shape index (κ2) is 9.03. The number of benzene rings is 1. The summed E-state index contributed by atoms with van der Waals surface area (Å²) in [6, 6.07) is 9.57. The predicted molar refractivity (Wildman–Crippen MR) is 99.3 cm³/mol. The lowest BCUT2D eigenvalue weighted by Crippen LogP contribution is -2.40. The number of ether oxygens (including phenoxy) is 1. The highest BCUT2D eigenvalue weighted by Gasteiger charge is 2.25. The minimum absolute atomic E-state index is 0.200. The lowest BCUT2D eigenvalue weighted by molar-refractivity contribution is -0.143. The predicted octanol–water partition coefficient (Wildman–Crippen LogP) is 3.55. The molecule has 0 radical (unpaired) electrons. The lowest BCUT2D eigenvalue weighted by atomic mass is 10.1. The van der Waals surface area contributed by atoms with Crippen molar-refractivity contribution in [1.82, 2.24) is 20.3 Å². The molecule has 0 aliphatic heterocycles. The summed E-state index contributed by atoms with van der Waals surface area (Å²) in [7, 11) is 1.40. The van der Waals surface area contributed by atoms with Crippen molar-refractivity contribution in [3.63, 3.8) is 0 Å². The molecule has 0 spiro atoms. The van der Waals surface area contributed by atoms with E-state index in [1.165, 1.54) is 7.11 Å². The molecule has 6 nitrogen and oxygen atoms in total. The van der Waals surface area contributed by atoms with Crippen LogP contribution in [0.25, 0.3) is 10.9 Å². The molecule has 2 atom stereocenters. The number of fused-ring (bicyclic) bond motifs is 1. The van der Waals surface area contributed by atoms with E-state index < -0.39 is 0 Å². The number of carbonyl (C=O) groups is 1. The Balaban J connectivity index is 0.00000109. The van der Waals surface area contributed by atoms with Crippen LogP contribution in [0.3, 0.4) is 0 Å². The second-order valence-corrected chi connectivity index (χ2v) is 5.40. The quantitative estimate of drug-likeness (QED) is 0.598. The third kappa shape index (κ3) is 4.28. The zero-order valence-corrected chi connectivity index (χ0v) is 15.2.